The fourth-order valence-corrected chi connectivity index (χ4v) is 0.627. The van der Waals surface area contributed by atoms with E-state index < -0.39 is 11.7 Å². The molecule has 14 heavy (non-hydrogen) atoms. The van der Waals surface area contributed by atoms with Gasteiger partial charge in [-0.3, -0.25) is 0 Å². The first-order valence-corrected chi connectivity index (χ1v) is 4.46. The van der Waals surface area contributed by atoms with Gasteiger partial charge in [-0.1, -0.05) is 51.1 Å². The third kappa shape index (κ3) is 6.52. The molecule has 0 unspecified atom stereocenters. The second kappa shape index (κ2) is 5.68. The number of alkyl halides is 3. The summed E-state index contributed by atoms with van der Waals surface area (Å²) in [6, 6.07) is 6.36. The Labute approximate surface area is 82.8 Å². The van der Waals surface area contributed by atoms with Crippen LogP contribution in [0, 0.1) is 5.92 Å². The second-order valence-electron chi connectivity index (χ2n) is 3.60. The fourth-order valence-electron chi connectivity index (χ4n) is 0.627. The lowest BCUT2D eigenvalue weighted by Gasteiger charge is -2.03. The molecular formula is C11H15F3. The quantitative estimate of drug-likeness (QED) is 0.588. The highest BCUT2D eigenvalue weighted by Crippen LogP contribution is 2.28. The molecule has 1 rings (SSSR count). The molecule has 3 heteroatoms. The molecule has 0 aromatic heterocycles. The Morgan fingerprint density at radius 2 is 1.29 bits per heavy atom. The van der Waals surface area contributed by atoms with E-state index >= 15 is 0 Å². The summed E-state index contributed by atoms with van der Waals surface area (Å²) in [4.78, 5) is 0. The van der Waals surface area contributed by atoms with Crippen molar-refractivity contribution < 1.29 is 13.2 Å². The summed E-state index contributed by atoms with van der Waals surface area (Å²) < 4.78 is 35.4. The van der Waals surface area contributed by atoms with Gasteiger partial charge in [0, 0.05) is 0 Å². The van der Waals surface area contributed by atoms with Crippen molar-refractivity contribution in [3.8, 4) is 0 Å². The zero-order valence-electron chi connectivity index (χ0n) is 8.60. The van der Waals surface area contributed by atoms with Crippen LogP contribution in [0.3, 0.4) is 0 Å². The van der Waals surface area contributed by atoms with E-state index in [-0.39, 0.29) is 0 Å². The lowest BCUT2D eigenvalue weighted by Crippen LogP contribution is -2.03. The highest BCUT2D eigenvalue weighted by molar-refractivity contribution is 5.17. The maximum atomic E-state index is 11.8. The molecule has 0 atom stereocenters. The molecule has 0 saturated carbocycles. The predicted molar refractivity (Wildman–Crippen MR) is 52.0 cm³/mol. The summed E-state index contributed by atoms with van der Waals surface area (Å²) in [7, 11) is 0. The van der Waals surface area contributed by atoms with Crippen molar-refractivity contribution >= 4 is 0 Å². The third-order valence-corrected chi connectivity index (χ3v) is 1.10. The summed E-state index contributed by atoms with van der Waals surface area (Å²) in [6.45, 7) is 6.50. The van der Waals surface area contributed by atoms with Crippen LogP contribution in [0.25, 0.3) is 0 Å². The van der Waals surface area contributed by atoms with E-state index in [0.717, 1.165) is 18.1 Å². The minimum absolute atomic E-state index is 0.602. The predicted octanol–water partition coefficient (Wildman–Crippen LogP) is 4.37. The van der Waals surface area contributed by atoms with Crippen LogP contribution in [0.15, 0.2) is 30.3 Å². The molecule has 0 fully saturated rings. The summed E-state index contributed by atoms with van der Waals surface area (Å²) in [6.07, 6.45) is -4.21. The van der Waals surface area contributed by atoms with Crippen molar-refractivity contribution in [2.24, 2.45) is 5.92 Å². The van der Waals surface area contributed by atoms with Crippen LogP contribution in [-0.2, 0) is 6.18 Å². The highest BCUT2D eigenvalue weighted by atomic mass is 19.4. The lowest BCUT2D eigenvalue weighted by atomic mass is 10.2. The Kier molecular flexibility index (Phi) is 5.28. The van der Waals surface area contributed by atoms with Gasteiger partial charge in [0.1, 0.15) is 0 Å². The van der Waals surface area contributed by atoms with E-state index in [9.17, 15) is 13.2 Å². The van der Waals surface area contributed by atoms with Crippen molar-refractivity contribution in [3.63, 3.8) is 0 Å². The lowest BCUT2D eigenvalue weighted by molar-refractivity contribution is -0.137. The molecule has 0 aliphatic rings. The first kappa shape index (κ1) is 13.0. The molecule has 0 aliphatic carbocycles. The normalized spacial score (nSPS) is 10.8. The molecule has 0 nitrogen and oxygen atoms in total. The Bertz CT molecular complexity index is 234. The van der Waals surface area contributed by atoms with E-state index in [4.69, 9.17) is 0 Å². The Morgan fingerprint density at radius 3 is 1.50 bits per heavy atom. The summed E-state index contributed by atoms with van der Waals surface area (Å²) in [5, 5.41) is 0. The van der Waals surface area contributed by atoms with Gasteiger partial charge in [-0.05, 0) is 5.92 Å². The summed E-state index contributed by atoms with van der Waals surface area (Å²) in [5.74, 6) is 0.833. The van der Waals surface area contributed by atoms with E-state index in [1.54, 1.807) is 6.07 Å². The number of hydrogen-bond donors (Lipinski definition) is 0. The molecule has 80 valence electrons. The Hall–Kier alpha value is -0.990. The van der Waals surface area contributed by atoms with Gasteiger partial charge < -0.3 is 0 Å². The van der Waals surface area contributed by atoms with Gasteiger partial charge in [0.05, 0.1) is 5.56 Å². The highest BCUT2D eigenvalue weighted by Gasteiger charge is 2.29. The van der Waals surface area contributed by atoms with Gasteiger partial charge in [-0.15, -0.1) is 0 Å². The first-order valence-electron chi connectivity index (χ1n) is 4.46. The number of hydrogen-bond acceptors (Lipinski definition) is 0. The molecular weight excluding hydrogens is 189 g/mol. The van der Waals surface area contributed by atoms with Gasteiger partial charge >= 0.3 is 6.18 Å². The van der Waals surface area contributed by atoms with E-state index in [1.165, 1.54) is 12.1 Å². The van der Waals surface area contributed by atoms with Gasteiger partial charge in [0.2, 0.25) is 0 Å². The third-order valence-electron chi connectivity index (χ3n) is 1.10. The minimum atomic E-state index is -4.21. The van der Waals surface area contributed by atoms with Crippen LogP contribution in [0.5, 0.6) is 0 Å². The molecule has 1 aromatic rings. The van der Waals surface area contributed by atoms with E-state index in [1.807, 2.05) is 0 Å². The van der Waals surface area contributed by atoms with Crippen molar-refractivity contribution in [1.82, 2.24) is 0 Å². The molecule has 0 aliphatic heterocycles. The van der Waals surface area contributed by atoms with Gasteiger partial charge in [0.15, 0.2) is 0 Å². The molecule has 0 heterocycles. The summed E-state index contributed by atoms with van der Waals surface area (Å²) >= 11 is 0. The van der Waals surface area contributed by atoms with Crippen LogP contribution in [0.1, 0.15) is 26.3 Å². The van der Waals surface area contributed by atoms with Crippen LogP contribution in [0.2, 0.25) is 0 Å². The van der Waals surface area contributed by atoms with Crippen LogP contribution >= 0.6 is 0 Å². The smallest absolute Gasteiger partial charge is 0.166 e. The number of rotatable bonds is 0. The first-order chi connectivity index (χ1) is 6.34. The number of halogens is 3. The zero-order valence-corrected chi connectivity index (χ0v) is 8.60. The Morgan fingerprint density at radius 1 is 0.929 bits per heavy atom. The average Bonchev–Trinajstić information content (AvgIpc) is 2.03. The van der Waals surface area contributed by atoms with Gasteiger partial charge in [0.25, 0.3) is 0 Å². The van der Waals surface area contributed by atoms with Crippen molar-refractivity contribution in [2.75, 3.05) is 0 Å². The van der Waals surface area contributed by atoms with Crippen LogP contribution in [-0.4, -0.2) is 0 Å². The molecule has 0 radical (unpaired) electrons. The molecule has 1 aromatic carbocycles. The minimum Gasteiger partial charge on any atom is -0.166 e. The second-order valence-corrected chi connectivity index (χ2v) is 3.60. The molecule has 0 saturated heterocycles. The van der Waals surface area contributed by atoms with Crippen molar-refractivity contribution in [2.45, 2.75) is 26.9 Å². The summed E-state index contributed by atoms with van der Waals surface area (Å²) in [5.41, 5.74) is -0.602. The standard InChI is InChI=1S/C7H5F3.C4H10/c8-7(9,10)6-4-2-1-3-5-6;1-4(2)3/h1-5H;4H,1-3H3. The van der Waals surface area contributed by atoms with Gasteiger partial charge in [-0.25, -0.2) is 0 Å². The topological polar surface area (TPSA) is 0 Å². The monoisotopic (exact) mass is 204 g/mol. The Balaban J connectivity index is 0.000000364. The molecule has 0 amide bonds. The fraction of sp³-hybridized carbons (Fsp3) is 0.455. The average molecular weight is 204 g/mol. The largest absolute Gasteiger partial charge is 0.416 e. The maximum Gasteiger partial charge on any atom is 0.416 e. The molecule has 0 N–H and O–H groups in total. The number of benzene rings is 1. The zero-order chi connectivity index (χ0) is 11.2. The van der Waals surface area contributed by atoms with E-state index in [2.05, 4.69) is 20.8 Å². The molecule has 0 spiro atoms. The SMILES string of the molecule is CC(C)C.FC(F)(F)c1ccccc1. The van der Waals surface area contributed by atoms with Crippen molar-refractivity contribution in [1.29, 1.82) is 0 Å². The van der Waals surface area contributed by atoms with Gasteiger partial charge in [-0.2, -0.15) is 13.2 Å². The van der Waals surface area contributed by atoms with Crippen molar-refractivity contribution in [3.05, 3.63) is 35.9 Å². The van der Waals surface area contributed by atoms with Crippen LogP contribution in [0.4, 0.5) is 13.2 Å². The molecule has 0 bridgehead atoms. The van der Waals surface area contributed by atoms with Crippen LogP contribution < -0.4 is 0 Å². The van der Waals surface area contributed by atoms with E-state index in [0.29, 0.717) is 0 Å². The maximum absolute atomic E-state index is 11.8.